The maximum Gasteiger partial charge on any atom is 0.119 e. The van der Waals surface area contributed by atoms with Crippen LogP contribution in [-0.2, 0) is 19.5 Å². The standard InChI is InChI=1S/C15H20N2O/c1-4-17-14-6-5-11(18-3)9-12(14)13-10-16(2)8-7-15(13)17/h5-6,9H,4,7-8,10H2,1-3H3. The van der Waals surface area contributed by atoms with Crippen molar-refractivity contribution in [3.8, 4) is 5.75 Å². The van der Waals surface area contributed by atoms with Gasteiger partial charge in [0.1, 0.15) is 5.75 Å². The van der Waals surface area contributed by atoms with Gasteiger partial charge in [-0.05, 0) is 37.7 Å². The Morgan fingerprint density at radius 1 is 1.33 bits per heavy atom. The maximum absolute atomic E-state index is 5.36. The normalized spacial score (nSPS) is 15.9. The van der Waals surface area contributed by atoms with Crippen molar-refractivity contribution in [3.05, 3.63) is 29.5 Å². The molecule has 0 N–H and O–H groups in total. The Labute approximate surface area is 108 Å². The molecular weight excluding hydrogens is 224 g/mol. The minimum absolute atomic E-state index is 0.951. The Kier molecular flexibility index (Phi) is 2.78. The molecule has 2 heterocycles. The van der Waals surface area contributed by atoms with Crippen molar-refractivity contribution in [2.75, 3.05) is 20.7 Å². The molecule has 3 nitrogen and oxygen atoms in total. The van der Waals surface area contributed by atoms with Gasteiger partial charge in [0.2, 0.25) is 0 Å². The molecule has 0 amide bonds. The lowest BCUT2D eigenvalue weighted by molar-refractivity contribution is 0.309. The van der Waals surface area contributed by atoms with Gasteiger partial charge in [-0.2, -0.15) is 0 Å². The summed E-state index contributed by atoms with van der Waals surface area (Å²) in [5.74, 6) is 0.951. The molecule has 0 fully saturated rings. The van der Waals surface area contributed by atoms with Crippen LogP contribution in [0.5, 0.6) is 5.75 Å². The van der Waals surface area contributed by atoms with Gasteiger partial charge >= 0.3 is 0 Å². The molecular formula is C15H20N2O. The molecule has 1 aromatic heterocycles. The number of hydrogen-bond donors (Lipinski definition) is 0. The molecule has 0 saturated carbocycles. The summed E-state index contributed by atoms with van der Waals surface area (Å²) in [5, 5.41) is 1.36. The van der Waals surface area contributed by atoms with Gasteiger partial charge in [-0.25, -0.2) is 0 Å². The van der Waals surface area contributed by atoms with Crippen LogP contribution in [0.2, 0.25) is 0 Å². The summed E-state index contributed by atoms with van der Waals surface area (Å²) in [5.41, 5.74) is 4.34. The predicted molar refractivity (Wildman–Crippen MR) is 74.2 cm³/mol. The van der Waals surface area contributed by atoms with Crippen molar-refractivity contribution < 1.29 is 4.74 Å². The average molecular weight is 244 g/mol. The van der Waals surface area contributed by atoms with Crippen LogP contribution in [0, 0.1) is 0 Å². The van der Waals surface area contributed by atoms with Gasteiger partial charge in [0.05, 0.1) is 7.11 Å². The van der Waals surface area contributed by atoms with Crippen LogP contribution in [0.25, 0.3) is 10.9 Å². The molecule has 0 radical (unpaired) electrons. The second-order valence-electron chi connectivity index (χ2n) is 5.04. The number of likely N-dealkylation sites (N-methyl/N-ethyl adjacent to an activating group) is 1. The van der Waals surface area contributed by atoms with E-state index in [4.69, 9.17) is 4.74 Å². The van der Waals surface area contributed by atoms with Crippen molar-refractivity contribution in [1.29, 1.82) is 0 Å². The first-order valence-corrected chi connectivity index (χ1v) is 6.61. The SMILES string of the molecule is CCn1c2c(c3cc(OC)ccc31)CN(C)CC2. The van der Waals surface area contributed by atoms with Crippen molar-refractivity contribution in [2.24, 2.45) is 0 Å². The Morgan fingerprint density at radius 2 is 2.17 bits per heavy atom. The first kappa shape index (κ1) is 11.6. The molecule has 18 heavy (non-hydrogen) atoms. The number of methoxy groups -OCH3 is 1. The van der Waals surface area contributed by atoms with Crippen molar-refractivity contribution in [1.82, 2.24) is 9.47 Å². The second-order valence-corrected chi connectivity index (χ2v) is 5.04. The fourth-order valence-corrected chi connectivity index (χ4v) is 3.05. The van der Waals surface area contributed by atoms with Gasteiger partial charge in [0, 0.05) is 42.7 Å². The number of benzene rings is 1. The molecule has 96 valence electrons. The fourth-order valence-electron chi connectivity index (χ4n) is 3.05. The minimum atomic E-state index is 0.951. The van der Waals surface area contributed by atoms with Crippen LogP contribution in [0.1, 0.15) is 18.2 Å². The lowest BCUT2D eigenvalue weighted by Crippen LogP contribution is -2.27. The molecule has 1 aliphatic heterocycles. The third-order valence-corrected chi connectivity index (χ3v) is 3.97. The molecule has 0 saturated heterocycles. The Morgan fingerprint density at radius 3 is 2.89 bits per heavy atom. The molecule has 0 spiro atoms. The highest BCUT2D eigenvalue weighted by molar-refractivity contribution is 5.87. The zero-order chi connectivity index (χ0) is 12.7. The van der Waals surface area contributed by atoms with Crippen LogP contribution in [0.3, 0.4) is 0 Å². The Balaban J connectivity index is 2.27. The summed E-state index contributed by atoms with van der Waals surface area (Å²) in [6, 6.07) is 6.43. The van der Waals surface area contributed by atoms with Gasteiger partial charge in [-0.3, -0.25) is 0 Å². The van der Waals surface area contributed by atoms with E-state index in [-0.39, 0.29) is 0 Å². The number of ether oxygens (including phenoxy) is 1. The van der Waals surface area contributed by atoms with E-state index in [9.17, 15) is 0 Å². The van der Waals surface area contributed by atoms with E-state index in [0.29, 0.717) is 0 Å². The highest BCUT2D eigenvalue weighted by Crippen LogP contribution is 2.32. The predicted octanol–water partition coefficient (Wildman–Crippen LogP) is 2.66. The lowest BCUT2D eigenvalue weighted by atomic mass is 10.0. The number of aromatic nitrogens is 1. The average Bonchev–Trinajstić information content (AvgIpc) is 2.71. The van der Waals surface area contributed by atoms with Crippen molar-refractivity contribution in [2.45, 2.75) is 26.4 Å². The zero-order valence-electron chi connectivity index (χ0n) is 11.4. The van der Waals surface area contributed by atoms with Crippen molar-refractivity contribution in [3.63, 3.8) is 0 Å². The van der Waals surface area contributed by atoms with Crippen LogP contribution >= 0.6 is 0 Å². The number of aryl methyl sites for hydroxylation is 1. The van der Waals surface area contributed by atoms with Crippen molar-refractivity contribution >= 4 is 10.9 Å². The maximum atomic E-state index is 5.36. The first-order chi connectivity index (χ1) is 8.74. The molecule has 1 aliphatic rings. The van der Waals surface area contributed by atoms with Gasteiger partial charge in [-0.15, -0.1) is 0 Å². The summed E-state index contributed by atoms with van der Waals surface area (Å²) in [4.78, 5) is 2.39. The van der Waals surface area contributed by atoms with Crippen LogP contribution in [0.15, 0.2) is 18.2 Å². The third kappa shape index (κ3) is 1.62. The highest BCUT2D eigenvalue weighted by Gasteiger charge is 2.21. The van der Waals surface area contributed by atoms with E-state index in [2.05, 4.69) is 41.6 Å². The van der Waals surface area contributed by atoms with Crippen LogP contribution < -0.4 is 4.74 Å². The molecule has 1 aromatic carbocycles. The summed E-state index contributed by atoms with van der Waals surface area (Å²) in [7, 11) is 3.93. The van der Waals surface area contributed by atoms with Gasteiger partial charge in [-0.1, -0.05) is 0 Å². The smallest absolute Gasteiger partial charge is 0.119 e. The number of fused-ring (bicyclic) bond motifs is 3. The topological polar surface area (TPSA) is 17.4 Å². The molecule has 2 aromatic rings. The molecule has 0 aliphatic carbocycles. The third-order valence-electron chi connectivity index (χ3n) is 3.97. The van der Waals surface area contributed by atoms with E-state index in [1.54, 1.807) is 7.11 Å². The summed E-state index contributed by atoms with van der Waals surface area (Å²) < 4.78 is 7.82. The Hall–Kier alpha value is -1.48. The molecule has 3 heteroatoms. The Bertz CT molecular complexity index is 586. The first-order valence-electron chi connectivity index (χ1n) is 6.61. The second kappa shape index (κ2) is 4.32. The summed E-state index contributed by atoms with van der Waals surface area (Å²) in [6.45, 7) is 5.47. The van der Waals surface area contributed by atoms with E-state index < -0.39 is 0 Å². The van der Waals surface area contributed by atoms with Gasteiger partial charge in [0.15, 0.2) is 0 Å². The van der Waals surface area contributed by atoms with E-state index >= 15 is 0 Å². The molecule has 0 unspecified atom stereocenters. The summed E-state index contributed by atoms with van der Waals surface area (Å²) in [6.07, 6.45) is 1.15. The summed E-state index contributed by atoms with van der Waals surface area (Å²) >= 11 is 0. The quantitative estimate of drug-likeness (QED) is 0.808. The molecule has 0 atom stereocenters. The van der Waals surface area contributed by atoms with Gasteiger partial charge < -0.3 is 14.2 Å². The van der Waals surface area contributed by atoms with E-state index in [0.717, 1.165) is 31.8 Å². The number of nitrogens with zero attached hydrogens (tertiary/aromatic N) is 2. The number of hydrogen-bond acceptors (Lipinski definition) is 2. The van der Waals surface area contributed by atoms with E-state index in [1.807, 2.05) is 0 Å². The fraction of sp³-hybridized carbons (Fsp3) is 0.467. The molecule has 0 bridgehead atoms. The highest BCUT2D eigenvalue weighted by atomic mass is 16.5. The monoisotopic (exact) mass is 244 g/mol. The molecule has 3 rings (SSSR count). The number of rotatable bonds is 2. The van der Waals surface area contributed by atoms with Crippen LogP contribution in [-0.4, -0.2) is 30.2 Å². The van der Waals surface area contributed by atoms with E-state index in [1.165, 1.54) is 22.2 Å². The van der Waals surface area contributed by atoms with Gasteiger partial charge in [0.25, 0.3) is 0 Å². The van der Waals surface area contributed by atoms with Crippen LogP contribution in [0.4, 0.5) is 0 Å². The largest absolute Gasteiger partial charge is 0.497 e. The lowest BCUT2D eigenvalue weighted by Gasteiger charge is -2.24. The zero-order valence-corrected chi connectivity index (χ0v) is 11.4. The minimum Gasteiger partial charge on any atom is -0.497 e.